The lowest BCUT2D eigenvalue weighted by molar-refractivity contribution is -0.196. The van der Waals surface area contributed by atoms with Gasteiger partial charge in [0.15, 0.2) is 5.92 Å². The molecule has 3 rings (SSSR count). The summed E-state index contributed by atoms with van der Waals surface area (Å²) in [5.74, 6) is -1.95. The van der Waals surface area contributed by atoms with E-state index in [0.29, 0.717) is 0 Å². The number of fused-ring (bicyclic) bond motifs is 1. The summed E-state index contributed by atoms with van der Waals surface area (Å²) in [7, 11) is 0. The average molecular weight is 283 g/mol. The molecule has 0 amide bonds. The van der Waals surface area contributed by atoms with E-state index >= 15 is 0 Å². The Hall–Kier alpha value is -2.15. The number of nitriles is 1. The van der Waals surface area contributed by atoms with Gasteiger partial charge in [-0.3, -0.25) is 9.59 Å². The van der Waals surface area contributed by atoms with Crippen molar-refractivity contribution < 1.29 is 14.3 Å². The number of esters is 1. The highest BCUT2D eigenvalue weighted by Gasteiger charge is 2.79. The monoisotopic (exact) mass is 283 g/mol. The van der Waals surface area contributed by atoms with Gasteiger partial charge in [0.2, 0.25) is 0 Å². The Balaban J connectivity index is 2.15. The van der Waals surface area contributed by atoms with Crippen LogP contribution in [-0.4, -0.2) is 17.4 Å². The van der Waals surface area contributed by atoms with Gasteiger partial charge in [-0.25, -0.2) is 0 Å². The second-order valence-electron chi connectivity index (χ2n) is 6.35. The van der Waals surface area contributed by atoms with Gasteiger partial charge >= 0.3 is 5.97 Å². The first-order chi connectivity index (χ1) is 9.88. The summed E-state index contributed by atoms with van der Waals surface area (Å²) in [6.45, 7) is 5.21. The number of ether oxygens (including phenoxy) is 1. The molecule has 4 heteroatoms. The first-order valence-corrected chi connectivity index (χ1v) is 7.05. The number of Topliss-reactive ketones (excluding diaryl/α,β-unsaturated/α-hetero) is 1. The van der Waals surface area contributed by atoms with Gasteiger partial charge in [0.25, 0.3) is 0 Å². The van der Waals surface area contributed by atoms with Gasteiger partial charge in [-0.15, -0.1) is 0 Å². The Morgan fingerprint density at radius 1 is 1.29 bits per heavy atom. The number of nitrogens with zero attached hydrogens (tertiary/aromatic N) is 1. The maximum atomic E-state index is 12.2. The highest BCUT2D eigenvalue weighted by Crippen LogP contribution is 2.71. The molecule has 1 aliphatic carbocycles. The summed E-state index contributed by atoms with van der Waals surface area (Å²) >= 11 is 0. The van der Waals surface area contributed by atoms with E-state index in [1.165, 1.54) is 6.92 Å². The SMILES string of the molecule is CC(=O)[C@@H]1[C@H](c2ccccc2)[C@@]2(C)OC(=O)[C@@H](C#N)[C@]12C. The summed E-state index contributed by atoms with van der Waals surface area (Å²) in [5.41, 5.74) is -0.586. The van der Waals surface area contributed by atoms with Crippen LogP contribution in [0.1, 0.15) is 32.3 Å². The Morgan fingerprint density at radius 3 is 2.43 bits per heavy atom. The van der Waals surface area contributed by atoms with E-state index in [0.717, 1.165) is 5.56 Å². The molecule has 108 valence electrons. The molecule has 2 fully saturated rings. The van der Waals surface area contributed by atoms with Gasteiger partial charge in [0.05, 0.1) is 6.07 Å². The molecule has 1 saturated heterocycles. The van der Waals surface area contributed by atoms with E-state index in [2.05, 4.69) is 0 Å². The fraction of sp³-hybridized carbons (Fsp3) is 0.471. The van der Waals surface area contributed by atoms with Crippen LogP contribution in [-0.2, 0) is 14.3 Å². The van der Waals surface area contributed by atoms with Gasteiger partial charge < -0.3 is 4.74 Å². The number of rotatable bonds is 2. The molecule has 0 unspecified atom stereocenters. The molecule has 5 atom stereocenters. The average Bonchev–Trinajstić information content (AvgIpc) is 2.59. The quantitative estimate of drug-likeness (QED) is 0.782. The molecule has 4 nitrogen and oxygen atoms in total. The summed E-state index contributed by atoms with van der Waals surface area (Å²) in [6, 6.07) is 11.6. The van der Waals surface area contributed by atoms with E-state index in [1.54, 1.807) is 0 Å². The van der Waals surface area contributed by atoms with Gasteiger partial charge in [0, 0.05) is 17.3 Å². The molecule has 1 heterocycles. The zero-order chi connectivity index (χ0) is 15.4. The molecule has 0 radical (unpaired) electrons. The number of benzene rings is 1. The molecule has 1 aromatic rings. The molecule has 0 aromatic heterocycles. The van der Waals surface area contributed by atoms with Crippen LogP contribution in [0.3, 0.4) is 0 Å². The molecule has 1 aromatic carbocycles. The lowest BCUT2D eigenvalue weighted by atomic mass is 9.40. The van der Waals surface area contributed by atoms with Crippen molar-refractivity contribution in [1.29, 1.82) is 5.26 Å². The Kier molecular flexibility index (Phi) is 2.75. The molecular formula is C17H17NO3. The van der Waals surface area contributed by atoms with E-state index < -0.39 is 22.9 Å². The minimum Gasteiger partial charge on any atom is -0.457 e. The summed E-state index contributed by atoms with van der Waals surface area (Å²) in [6.07, 6.45) is 0. The van der Waals surface area contributed by atoms with Crippen LogP contribution >= 0.6 is 0 Å². The predicted molar refractivity (Wildman–Crippen MR) is 75.1 cm³/mol. The third kappa shape index (κ3) is 1.44. The summed E-state index contributed by atoms with van der Waals surface area (Å²) in [4.78, 5) is 24.3. The summed E-state index contributed by atoms with van der Waals surface area (Å²) in [5, 5.41) is 9.33. The van der Waals surface area contributed by atoms with Crippen LogP contribution in [0.5, 0.6) is 0 Å². The van der Waals surface area contributed by atoms with Gasteiger partial charge in [0.1, 0.15) is 11.4 Å². The van der Waals surface area contributed by atoms with Crippen LogP contribution in [0.25, 0.3) is 0 Å². The minimum absolute atomic E-state index is 0.00220. The van der Waals surface area contributed by atoms with Crippen LogP contribution in [0.4, 0.5) is 0 Å². The third-order valence-electron chi connectivity index (χ3n) is 5.52. The van der Waals surface area contributed by atoms with Crippen molar-refractivity contribution in [1.82, 2.24) is 0 Å². The molecule has 0 N–H and O–H groups in total. The van der Waals surface area contributed by atoms with Crippen molar-refractivity contribution in [3.05, 3.63) is 35.9 Å². The highest BCUT2D eigenvalue weighted by molar-refractivity contribution is 5.89. The first-order valence-electron chi connectivity index (χ1n) is 7.05. The molecule has 21 heavy (non-hydrogen) atoms. The summed E-state index contributed by atoms with van der Waals surface area (Å²) < 4.78 is 5.59. The second-order valence-corrected chi connectivity index (χ2v) is 6.35. The van der Waals surface area contributed by atoms with Crippen LogP contribution < -0.4 is 0 Å². The minimum atomic E-state index is -0.878. The van der Waals surface area contributed by atoms with Crippen molar-refractivity contribution in [3.63, 3.8) is 0 Å². The maximum absolute atomic E-state index is 12.2. The smallest absolute Gasteiger partial charge is 0.324 e. The van der Waals surface area contributed by atoms with E-state index in [1.807, 2.05) is 50.2 Å². The fourth-order valence-electron chi connectivity index (χ4n) is 4.38. The molecule has 0 bridgehead atoms. The molecule has 1 aliphatic heterocycles. The van der Waals surface area contributed by atoms with Crippen LogP contribution in [0, 0.1) is 28.6 Å². The van der Waals surface area contributed by atoms with Crippen molar-refractivity contribution >= 4 is 11.8 Å². The molecule has 2 aliphatic rings. The van der Waals surface area contributed by atoms with E-state index in [-0.39, 0.29) is 17.6 Å². The van der Waals surface area contributed by atoms with Crippen LogP contribution in [0.2, 0.25) is 0 Å². The second kappa shape index (κ2) is 4.17. The van der Waals surface area contributed by atoms with Crippen molar-refractivity contribution in [2.75, 3.05) is 0 Å². The van der Waals surface area contributed by atoms with Gasteiger partial charge in [-0.1, -0.05) is 37.3 Å². The predicted octanol–water partition coefficient (Wildman–Crippen LogP) is 2.45. The normalized spacial score (nSPS) is 40.7. The standard InChI is InChI=1S/C17H17NO3/c1-10(19)13-14(11-7-5-4-6-8-11)17(3)16(13,2)12(9-18)15(20)21-17/h4-8,12-14H,1-3H3/t12-,13-,14+,16-,17-/m1/s1. The van der Waals surface area contributed by atoms with Gasteiger partial charge in [-0.05, 0) is 19.4 Å². The topological polar surface area (TPSA) is 67.2 Å². The van der Waals surface area contributed by atoms with E-state index in [4.69, 9.17) is 4.74 Å². The maximum Gasteiger partial charge on any atom is 0.324 e. The van der Waals surface area contributed by atoms with Crippen LogP contribution in [0.15, 0.2) is 30.3 Å². The third-order valence-corrected chi connectivity index (χ3v) is 5.52. The van der Waals surface area contributed by atoms with Crippen molar-refractivity contribution in [2.24, 2.45) is 17.3 Å². The highest BCUT2D eigenvalue weighted by atomic mass is 16.6. The largest absolute Gasteiger partial charge is 0.457 e. The number of hydrogen-bond acceptors (Lipinski definition) is 4. The first kappa shape index (κ1) is 13.8. The zero-order valence-corrected chi connectivity index (χ0v) is 12.3. The van der Waals surface area contributed by atoms with Gasteiger partial charge in [-0.2, -0.15) is 5.26 Å². The lowest BCUT2D eigenvalue weighted by Gasteiger charge is -2.61. The number of carbonyl (C=O) groups excluding carboxylic acids is 2. The van der Waals surface area contributed by atoms with Crippen molar-refractivity contribution in [2.45, 2.75) is 32.3 Å². The Labute approximate surface area is 123 Å². The fourth-order valence-corrected chi connectivity index (χ4v) is 4.38. The lowest BCUT2D eigenvalue weighted by Crippen LogP contribution is -2.67. The van der Waals surface area contributed by atoms with Crippen molar-refractivity contribution in [3.8, 4) is 6.07 Å². The Morgan fingerprint density at radius 2 is 1.90 bits per heavy atom. The number of ketones is 1. The molecular weight excluding hydrogens is 266 g/mol. The molecule has 1 saturated carbocycles. The Bertz CT molecular complexity index is 662. The zero-order valence-electron chi connectivity index (χ0n) is 12.3. The number of hydrogen-bond donors (Lipinski definition) is 0. The van der Waals surface area contributed by atoms with E-state index in [9.17, 15) is 14.9 Å². The number of carbonyl (C=O) groups is 2. The molecule has 0 spiro atoms.